The van der Waals surface area contributed by atoms with Crippen molar-refractivity contribution in [1.29, 1.82) is 0 Å². The lowest BCUT2D eigenvalue weighted by molar-refractivity contribution is -0.385. The van der Waals surface area contributed by atoms with Gasteiger partial charge in [-0.25, -0.2) is 9.97 Å². The number of halogens is 3. The smallest absolute Gasteiger partial charge is 0.248 e. The van der Waals surface area contributed by atoms with Crippen LogP contribution in [0.5, 0.6) is 0 Å². The number of hydrogen-bond donors (Lipinski definition) is 1. The van der Waals surface area contributed by atoms with E-state index in [9.17, 15) is 0 Å². The molecule has 0 bridgehead atoms. The van der Waals surface area contributed by atoms with Gasteiger partial charge in [0.1, 0.15) is 12.4 Å². The van der Waals surface area contributed by atoms with E-state index in [1.807, 2.05) is 19.3 Å². The lowest BCUT2D eigenvalue weighted by atomic mass is 10.8. The van der Waals surface area contributed by atoms with Crippen LogP contribution < -0.4 is 17.4 Å². The third kappa shape index (κ3) is 5.96. The normalized spacial score (nSPS) is 5.89. The Bertz CT molecular complexity index is 117. The highest BCUT2D eigenvalue weighted by Crippen LogP contribution is 1.70. The molecule has 9 heavy (non-hydrogen) atoms. The highest BCUT2D eigenvalue weighted by molar-refractivity contribution is 5.85. The summed E-state index contributed by atoms with van der Waals surface area (Å²) >= 11 is 0. The van der Waals surface area contributed by atoms with Crippen molar-refractivity contribution in [3.63, 3.8) is 0 Å². The fourth-order valence-electron chi connectivity index (χ4n) is 0.375. The second-order valence-corrected chi connectivity index (χ2v) is 1.25. The van der Waals surface area contributed by atoms with Crippen LogP contribution in [0.4, 0.5) is 0 Å². The van der Waals surface area contributed by atoms with E-state index in [1.54, 1.807) is 0 Å². The molecule has 0 unspecified atom stereocenters. The second kappa shape index (κ2) is 8.08. The summed E-state index contributed by atoms with van der Waals surface area (Å²) in [6.07, 6.45) is 3.71. The van der Waals surface area contributed by atoms with Gasteiger partial charge in [-0.15, -0.1) is 24.8 Å². The molecule has 1 heterocycles. The molecule has 0 saturated heterocycles. The standard InChI is InChI=1S/C4H6N2.3ClH/c1-4-5-2-3-6-4;;;/h2-3H,1H3,(H,5,6);3*1H. The summed E-state index contributed by atoms with van der Waals surface area (Å²) in [5.74, 6) is 1.09. The zero-order chi connectivity index (χ0) is 4.41. The lowest BCUT2D eigenvalue weighted by Gasteiger charge is -1.59. The second-order valence-electron chi connectivity index (χ2n) is 1.25. The van der Waals surface area contributed by atoms with Crippen molar-refractivity contribution in [1.82, 2.24) is 4.98 Å². The molecule has 0 atom stereocenters. The first-order chi connectivity index (χ1) is 2.89. The molecule has 5 heteroatoms. The first-order valence-electron chi connectivity index (χ1n) is 1.91. The monoisotopic (exact) mass is 190 g/mol. The summed E-state index contributed by atoms with van der Waals surface area (Å²) < 4.78 is 0. The van der Waals surface area contributed by atoms with Crippen molar-refractivity contribution < 1.29 is 17.4 Å². The van der Waals surface area contributed by atoms with Gasteiger partial charge in [0.2, 0.25) is 5.82 Å². The first-order valence-corrected chi connectivity index (χ1v) is 1.91. The third-order valence-corrected chi connectivity index (χ3v) is 0.683. The zero-order valence-corrected chi connectivity index (χ0v) is 7.24. The Morgan fingerprint density at radius 3 is 2.11 bits per heavy atom. The maximum absolute atomic E-state index is 2.94. The molecule has 0 aliphatic carbocycles. The van der Waals surface area contributed by atoms with E-state index in [2.05, 4.69) is 9.97 Å². The average Bonchev–Trinajstić information content (AvgIpc) is 1.86. The highest BCUT2D eigenvalue weighted by atomic mass is 35.5. The van der Waals surface area contributed by atoms with E-state index in [0.717, 1.165) is 5.82 Å². The predicted molar refractivity (Wildman–Crippen MR) is 36.6 cm³/mol. The average molecular weight is 191 g/mol. The van der Waals surface area contributed by atoms with E-state index in [4.69, 9.17) is 0 Å². The topological polar surface area (TPSA) is 29.9 Å². The van der Waals surface area contributed by atoms with Crippen molar-refractivity contribution >= 4 is 24.8 Å². The van der Waals surface area contributed by atoms with Crippen LogP contribution in [0.2, 0.25) is 0 Å². The van der Waals surface area contributed by atoms with Gasteiger partial charge in [-0.05, 0) is 0 Å². The quantitative estimate of drug-likeness (QED) is 0.491. The number of rotatable bonds is 0. The predicted octanol–water partition coefficient (Wildman–Crippen LogP) is -2.02. The van der Waals surface area contributed by atoms with Gasteiger partial charge >= 0.3 is 0 Å². The van der Waals surface area contributed by atoms with Crippen molar-refractivity contribution in [3.8, 4) is 0 Å². The molecular formula is C4H9Cl3N2. The summed E-state index contributed by atoms with van der Waals surface area (Å²) in [5, 5.41) is 0. The molecule has 0 aromatic carbocycles. The summed E-state index contributed by atoms with van der Waals surface area (Å²) in [7, 11) is 0. The van der Waals surface area contributed by atoms with E-state index in [-0.39, 0.29) is 37.2 Å². The van der Waals surface area contributed by atoms with E-state index >= 15 is 0 Å². The van der Waals surface area contributed by atoms with Crippen LogP contribution in [0.15, 0.2) is 12.4 Å². The molecule has 0 spiro atoms. The van der Waals surface area contributed by atoms with Gasteiger partial charge in [-0.3, -0.25) is 0 Å². The van der Waals surface area contributed by atoms with Crippen molar-refractivity contribution in [2.24, 2.45) is 0 Å². The number of imidazole rings is 1. The molecule has 2 nitrogen and oxygen atoms in total. The molecule has 0 fully saturated rings. The minimum absolute atomic E-state index is 0. The Labute approximate surface area is 72.7 Å². The fraction of sp³-hybridized carbons (Fsp3) is 0.250. The highest BCUT2D eigenvalue weighted by Gasteiger charge is 1.83. The van der Waals surface area contributed by atoms with Crippen molar-refractivity contribution in [2.75, 3.05) is 0 Å². The van der Waals surface area contributed by atoms with Gasteiger partial charge in [0.25, 0.3) is 0 Å². The summed E-state index contributed by atoms with van der Waals surface area (Å²) in [4.78, 5) is 5.89. The summed E-state index contributed by atoms with van der Waals surface area (Å²) in [6.45, 7) is 1.97. The molecule has 0 aliphatic rings. The molecule has 1 rings (SSSR count). The van der Waals surface area contributed by atoms with Crippen molar-refractivity contribution in [2.45, 2.75) is 6.92 Å². The van der Waals surface area contributed by atoms with Crippen LogP contribution in [-0.2, 0) is 0 Å². The van der Waals surface area contributed by atoms with Gasteiger partial charge in [-0.1, -0.05) is 0 Å². The molecule has 1 aromatic heterocycles. The van der Waals surface area contributed by atoms with Crippen LogP contribution >= 0.6 is 24.8 Å². The first kappa shape index (κ1) is 16.0. The van der Waals surface area contributed by atoms with Gasteiger partial charge in [0, 0.05) is 6.92 Å². The molecule has 0 aliphatic heterocycles. The van der Waals surface area contributed by atoms with E-state index < -0.39 is 0 Å². The van der Waals surface area contributed by atoms with Gasteiger partial charge in [0.15, 0.2) is 0 Å². The van der Waals surface area contributed by atoms with Gasteiger partial charge < -0.3 is 12.4 Å². The molecular weight excluding hydrogens is 182 g/mol. The van der Waals surface area contributed by atoms with Gasteiger partial charge in [0.05, 0.1) is 0 Å². The van der Waals surface area contributed by atoms with Crippen LogP contribution in [0.25, 0.3) is 0 Å². The molecule has 0 amide bonds. The van der Waals surface area contributed by atoms with Crippen LogP contribution in [0, 0.1) is 6.92 Å². The largest absolute Gasteiger partial charge is 1.00 e. The van der Waals surface area contributed by atoms with Crippen LogP contribution in [0.1, 0.15) is 5.82 Å². The minimum Gasteiger partial charge on any atom is -1.00 e. The Morgan fingerprint density at radius 2 is 2.00 bits per heavy atom. The van der Waals surface area contributed by atoms with Crippen LogP contribution in [-0.4, -0.2) is 4.98 Å². The van der Waals surface area contributed by atoms with Gasteiger partial charge in [-0.2, -0.15) is 0 Å². The molecule has 2 N–H and O–H groups in total. The van der Waals surface area contributed by atoms with Crippen LogP contribution in [0.3, 0.4) is 0 Å². The van der Waals surface area contributed by atoms with Crippen molar-refractivity contribution in [3.05, 3.63) is 18.2 Å². The molecule has 0 saturated carbocycles. The Balaban J connectivity index is -0.000000120. The number of hydrogen-bond acceptors (Lipinski definition) is 0. The Morgan fingerprint density at radius 1 is 1.44 bits per heavy atom. The number of aromatic nitrogens is 2. The lowest BCUT2D eigenvalue weighted by Crippen LogP contribution is -3.00. The number of H-pyrrole nitrogens is 2. The number of aromatic amines is 2. The van der Waals surface area contributed by atoms with E-state index in [1.165, 1.54) is 0 Å². The molecule has 56 valence electrons. The summed E-state index contributed by atoms with van der Waals surface area (Å²) in [6, 6.07) is 0. The third-order valence-electron chi connectivity index (χ3n) is 0.683. The fourth-order valence-corrected chi connectivity index (χ4v) is 0.375. The zero-order valence-electron chi connectivity index (χ0n) is 4.85. The summed E-state index contributed by atoms with van der Waals surface area (Å²) in [5.41, 5.74) is 0. The Hall–Kier alpha value is 0.0800. The minimum atomic E-state index is 0. The SMILES string of the molecule is Cc1[nH]cc[nH+]1.Cl.Cl.[Cl-]. The van der Waals surface area contributed by atoms with E-state index in [0.29, 0.717) is 0 Å². The Kier molecular flexibility index (Phi) is 14.4. The maximum atomic E-state index is 2.94. The molecule has 0 radical (unpaired) electrons. The number of nitrogens with one attached hydrogen (secondary N) is 2. The molecule has 1 aromatic rings. The number of aryl methyl sites for hydroxylation is 1. The maximum Gasteiger partial charge on any atom is 0.248 e.